The van der Waals surface area contributed by atoms with Crippen LogP contribution in [0, 0.1) is 6.92 Å². The van der Waals surface area contributed by atoms with E-state index in [4.69, 9.17) is 5.73 Å². The maximum atomic E-state index is 12.5. The van der Waals surface area contributed by atoms with Crippen molar-refractivity contribution in [2.24, 2.45) is 5.73 Å². The summed E-state index contributed by atoms with van der Waals surface area (Å²) in [6.45, 7) is 4.65. The van der Waals surface area contributed by atoms with Gasteiger partial charge in [-0.25, -0.2) is 0 Å². The highest BCUT2D eigenvalue weighted by atomic mass is 35.5. The molecule has 23 heavy (non-hydrogen) atoms. The number of nitrogens with two attached hydrogens (primary N) is 1. The third kappa shape index (κ3) is 5.08. The number of hydrogen-bond donors (Lipinski definition) is 1. The Kier molecular flexibility index (Phi) is 7.27. The predicted octanol–water partition coefficient (Wildman–Crippen LogP) is 3.58. The van der Waals surface area contributed by atoms with Crippen LogP contribution in [0.3, 0.4) is 0 Å². The predicted molar refractivity (Wildman–Crippen MR) is 98.0 cm³/mol. The van der Waals surface area contributed by atoms with Gasteiger partial charge in [-0.3, -0.25) is 4.79 Å². The third-order valence-corrected chi connectivity index (χ3v) is 4.07. The fourth-order valence-corrected chi connectivity index (χ4v) is 2.39. The zero-order valence-electron chi connectivity index (χ0n) is 14.0. The maximum absolute atomic E-state index is 12.5. The molecular formula is C19H25ClN2O. The van der Waals surface area contributed by atoms with Gasteiger partial charge >= 0.3 is 0 Å². The van der Waals surface area contributed by atoms with Gasteiger partial charge in [-0.1, -0.05) is 42.0 Å². The Labute approximate surface area is 144 Å². The van der Waals surface area contributed by atoms with Crippen molar-refractivity contribution in [3.63, 3.8) is 0 Å². The number of likely N-dealkylation sites (N-methyl/N-ethyl adjacent to an activating group) is 1. The van der Waals surface area contributed by atoms with Crippen LogP contribution in [-0.4, -0.2) is 23.9 Å². The second-order valence-electron chi connectivity index (χ2n) is 5.86. The first-order valence-electron chi connectivity index (χ1n) is 7.63. The van der Waals surface area contributed by atoms with Crippen LogP contribution in [0.15, 0.2) is 48.5 Å². The van der Waals surface area contributed by atoms with Gasteiger partial charge in [0.1, 0.15) is 0 Å². The molecule has 2 N–H and O–H groups in total. The Bertz CT molecular complexity index is 623. The first-order chi connectivity index (χ1) is 10.5. The highest BCUT2D eigenvalue weighted by molar-refractivity contribution is 5.94. The number of benzene rings is 2. The summed E-state index contributed by atoms with van der Waals surface area (Å²) in [7, 11) is 1.86. The molecule has 0 bridgehead atoms. The van der Waals surface area contributed by atoms with Crippen LogP contribution in [0.4, 0.5) is 0 Å². The Morgan fingerprint density at radius 1 is 1.04 bits per heavy atom. The molecule has 0 saturated carbocycles. The molecule has 0 aromatic heterocycles. The van der Waals surface area contributed by atoms with Crippen LogP contribution < -0.4 is 5.73 Å². The van der Waals surface area contributed by atoms with Gasteiger partial charge < -0.3 is 10.6 Å². The zero-order valence-corrected chi connectivity index (χ0v) is 14.8. The molecule has 0 saturated heterocycles. The molecule has 3 nitrogen and oxygen atoms in total. The molecule has 0 aliphatic heterocycles. The van der Waals surface area contributed by atoms with Crippen LogP contribution >= 0.6 is 12.4 Å². The van der Waals surface area contributed by atoms with Crippen molar-refractivity contribution in [3.8, 4) is 0 Å². The smallest absolute Gasteiger partial charge is 0.253 e. The molecule has 0 fully saturated rings. The summed E-state index contributed by atoms with van der Waals surface area (Å²) in [5.74, 6) is 0.0446. The molecule has 0 heterocycles. The monoisotopic (exact) mass is 332 g/mol. The van der Waals surface area contributed by atoms with Gasteiger partial charge in [-0.2, -0.15) is 0 Å². The fraction of sp³-hybridized carbons (Fsp3) is 0.316. The number of rotatable bonds is 5. The van der Waals surface area contributed by atoms with Gasteiger partial charge in [0.25, 0.3) is 5.91 Å². The van der Waals surface area contributed by atoms with E-state index in [1.165, 1.54) is 11.1 Å². The Morgan fingerprint density at radius 3 is 2.09 bits per heavy atom. The van der Waals surface area contributed by atoms with Crippen LogP contribution in [0.5, 0.6) is 0 Å². The number of carbonyl (C=O) groups is 1. The summed E-state index contributed by atoms with van der Waals surface area (Å²) in [6, 6.07) is 16.1. The van der Waals surface area contributed by atoms with Gasteiger partial charge in [0.15, 0.2) is 0 Å². The van der Waals surface area contributed by atoms with E-state index < -0.39 is 0 Å². The van der Waals surface area contributed by atoms with Crippen LogP contribution in [0.2, 0.25) is 0 Å². The minimum atomic E-state index is 0. The number of halogens is 1. The molecule has 0 aliphatic carbocycles. The van der Waals surface area contributed by atoms with Crippen molar-refractivity contribution in [1.82, 2.24) is 4.90 Å². The van der Waals surface area contributed by atoms with Crippen molar-refractivity contribution in [3.05, 3.63) is 70.8 Å². The molecule has 2 aromatic rings. The average molecular weight is 333 g/mol. The van der Waals surface area contributed by atoms with E-state index in [1.54, 1.807) is 4.90 Å². The van der Waals surface area contributed by atoms with Crippen molar-refractivity contribution >= 4 is 18.3 Å². The van der Waals surface area contributed by atoms with Crippen molar-refractivity contribution < 1.29 is 4.79 Å². The molecule has 124 valence electrons. The van der Waals surface area contributed by atoms with Crippen LogP contribution in [0.25, 0.3) is 0 Å². The summed E-state index contributed by atoms with van der Waals surface area (Å²) >= 11 is 0. The lowest BCUT2D eigenvalue weighted by Crippen LogP contribution is -2.36. The van der Waals surface area contributed by atoms with E-state index in [9.17, 15) is 4.79 Å². The number of aryl methyl sites for hydroxylation is 1. The molecule has 1 atom stereocenters. The second kappa shape index (κ2) is 8.70. The maximum Gasteiger partial charge on any atom is 0.253 e. The summed E-state index contributed by atoms with van der Waals surface area (Å²) in [6.07, 6.45) is 0.851. The summed E-state index contributed by atoms with van der Waals surface area (Å²) in [5.41, 5.74) is 9.82. The van der Waals surface area contributed by atoms with Crippen LogP contribution in [-0.2, 0) is 13.0 Å². The lowest BCUT2D eigenvalue weighted by Gasteiger charge is -2.25. The van der Waals surface area contributed by atoms with Gasteiger partial charge in [0.2, 0.25) is 0 Å². The number of nitrogens with zero attached hydrogens (tertiary/aromatic N) is 1. The Balaban J connectivity index is 0.00000264. The van der Waals surface area contributed by atoms with E-state index in [1.807, 2.05) is 31.3 Å². The van der Waals surface area contributed by atoms with Gasteiger partial charge in [-0.15, -0.1) is 12.4 Å². The minimum absolute atomic E-state index is 0. The SMILES string of the molecule is Cc1ccc(CC(C)N(C)C(=O)c2ccc(CN)cc2)cc1.Cl. The molecule has 0 aliphatic rings. The normalized spacial score (nSPS) is 11.5. The standard InChI is InChI=1S/C19H24N2O.ClH/c1-14-4-6-16(7-5-14)12-15(2)21(3)19(22)18-10-8-17(13-20)9-11-18;/h4-11,15H,12-13,20H2,1-3H3;1H. The quantitative estimate of drug-likeness (QED) is 0.909. The first-order valence-corrected chi connectivity index (χ1v) is 7.63. The fourth-order valence-electron chi connectivity index (χ4n) is 2.39. The number of hydrogen-bond acceptors (Lipinski definition) is 2. The molecular weight excluding hydrogens is 308 g/mol. The molecule has 2 rings (SSSR count). The van der Waals surface area contributed by atoms with Crippen LogP contribution in [0.1, 0.15) is 34.0 Å². The van der Waals surface area contributed by atoms with Gasteiger partial charge in [0.05, 0.1) is 0 Å². The second-order valence-corrected chi connectivity index (χ2v) is 5.86. The zero-order chi connectivity index (χ0) is 16.1. The van der Waals surface area contributed by atoms with E-state index in [0.717, 1.165) is 12.0 Å². The molecule has 2 aromatic carbocycles. The highest BCUT2D eigenvalue weighted by Crippen LogP contribution is 2.13. The van der Waals surface area contributed by atoms with Gasteiger partial charge in [-0.05, 0) is 43.5 Å². The summed E-state index contributed by atoms with van der Waals surface area (Å²) < 4.78 is 0. The highest BCUT2D eigenvalue weighted by Gasteiger charge is 2.17. The molecule has 0 radical (unpaired) electrons. The molecule has 1 amide bonds. The van der Waals surface area contributed by atoms with E-state index in [2.05, 4.69) is 38.1 Å². The van der Waals surface area contributed by atoms with Crippen molar-refractivity contribution in [2.45, 2.75) is 32.9 Å². The Morgan fingerprint density at radius 2 is 1.57 bits per heavy atom. The minimum Gasteiger partial charge on any atom is -0.339 e. The molecule has 0 spiro atoms. The van der Waals surface area contributed by atoms with Gasteiger partial charge in [0, 0.05) is 25.2 Å². The topological polar surface area (TPSA) is 46.3 Å². The van der Waals surface area contributed by atoms with Crippen molar-refractivity contribution in [1.29, 1.82) is 0 Å². The molecule has 4 heteroatoms. The number of carbonyl (C=O) groups excluding carboxylic acids is 1. The third-order valence-electron chi connectivity index (χ3n) is 4.07. The summed E-state index contributed by atoms with van der Waals surface area (Å²) in [5, 5.41) is 0. The Hall–Kier alpha value is -1.84. The van der Waals surface area contributed by atoms with E-state index in [-0.39, 0.29) is 24.4 Å². The molecule has 1 unspecified atom stereocenters. The largest absolute Gasteiger partial charge is 0.339 e. The average Bonchev–Trinajstić information content (AvgIpc) is 2.55. The number of amides is 1. The summed E-state index contributed by atoms with van der Waals surface area (Å²) in [4.78, 5) is 14.3. The lowest BCUT2D eigenvalue weighted by atomic mass is 10.0. The van der Waals surface area contributed by atoms with Crippen molar-refractivity contribution in [2.75, 3.05) is 7.05 Å². The lowest BCUT2D eigenvalue weighted by molar-refractivity contribution is 0.0743. The van der Waals surface area contributed by atoms with E-state index in [0.29, 0.717) is 12.1 Å². The van der Waals surface area contributed by atoms with E-state index >= 15 is 0 Å². The first kappa shape index (κ1) is 19.2.